The fourth-order valence-electron chi connectivity index (χ4n) is 3.52. The molecule has 166 valence electrons. The number of aromatic nitrogens is 2. The summed E-state index contributed by atoms with van der Waals surface area (Å²) in [6.45, 7) is 10.2. The molecular formula is C22H31N7O2. The predicted molar refractivity (Wildman–Crippen MR) is 121 cm³/mol. The minimum Gasteiger partial charge on any atom is -0.339 e. The van der Waals surface area contributed by atoms with Crippen LogP contribution in [0.4, 0.5) is 16.4 Å². The molecule has 0 bridgehead atoms. The molecule has 1 aromatic heterocycles. The number of hydrogen-bond donors (Lipinski definition) is 2. The summed E-state index contributed by atoms with van der Waals surface area (Å²) in [7, 11) is 0. The number of nitrogens with zero attached hydrogens (tertiary/aromatic N) is 5. The van der Waals surface area contributed by atoms with Crippen molar-refractivity contribution in [1.29, 1.82) is 0 Å². The summed E-state index contributed by atoms with van der Waals surface area (Å²) < 4.78 is 0. The van der Waals surface area contributed by atoms with E-state index in [1.165, 1.54) is 0 Å². The van der Waals surface area contributed by atoms with Crippen LogP contribution in [-0.4, -0.2) is 84.1 Å². The van der Waals surface area contributed by atoms with E-state index >= 15 is 0 Å². The Kier molecular flexibility index (Phi) is 8.17. The van der Waals surface area contributed by atoms with Crippen LogP contribution in [0, 0.1) is 0 Å². The lowest BCUT2D eigenvalue weighted by Gasteiger charge is -2.34. The van der Waals surface area contributed by atoms with E-state index in [1.54, 1.807) is 41.6 Å². The number of rotatable bonds is 8. The van der Waals surface area contributed by atoms with Gasteiger partial charge >= 0.3 is 6.03 Å². The fraction of sp³-hybridized carbons (Fsp3) is 0.455. The fourth-order valence-corrected chi connectivity index (χ4v) is 3.52. The average Bonchev–Trinajstić information content (AvgIpc) is 2.81. The molecule has 0 radical (unpaired) electrons. The number of piperazine rings is 1. The minimum absolute atomic E-state index is 0.0000690. The van der Waals surface area contributed by atoms with E-state index in [1.807, 2.05) is 19.9 Å². The summed E-state index contributed by atoms with van der Waals surface area (Å²) in [5.41, 5.74) is 1.28. The van der Waals surface area contributed by atoms with E-state index in [2.05, 4.69) is 30.4 Å². The molecule has 9 heteroatoms. The van der Waals surface area contributed by atoms with Crippen LogP contribution in [0.1, 0.15) is 24.2 Å². The van der Waals surface area contributed by atoms with E-state index in [4.69, 9.17) is 0 Å². The maximum atomic E-state index is 12.3. The van der Waals surface area contributed by atoms with Gasteiger partial charge in [0.15, 0.2) is 0 Å². The second-order valence-electron chi connectivity index (χ2n) is 7.31. The van der Waals surface area contributed by atoms with Crippen molar-refractivity contribution < 1.29 is 9.59 Å². The average molecular weight is 426 g/mol. The normalized spacial score (nSPS) is 14.2. The molecule has 1 aliphatic rings. The molecule has 1 aliphatic heterocycles. The van der Waals surface area contributed by atoms with Crippen molar-refractivity contribution in [3.8, 4) is 0 Å². The van der Waals surface area contributed by atoms with Gasteiger partial charge in [-0.2, -0.15) is 0 Å². The first-order chi connectivity index (χ1) is 15.1. The number of amides is 3. The van der Waals surface area contributed by atoms with Gasteiger partial charge in [-0.05, 0) is 44.2 Å². The summed E-state index contributed by atoms with van der Waals surface area (Å²) in [4.78, 5) is 39.4. The topological polar surface area (TPSA) is 93.7 Å². The van der Waals surface area contributed by atoms with E-state index in [9.17, 15) is 9.59 Å². The lowest BCUT2D eigenvalue weighted by Crippen LogP contribution is -2.49. The Morgan fingerprint density at radius 1 is 1.00 bits per heavy atom. The SMILES string of the molecule is CCN(CC)C(=O)c1ccc(NC(=O)NCCN2CCN(c3ncccn3)CC2)cc1. The van der Waals surface area contributed by atoms with E-state index in [0.29, 0.717) is 30.9 Å². The van der Waals surface area contributed by atoms with Crippen LogP contribution >= 0.6 is 0 Å². The molecule has 0 saturated carbocycles. The maximum absolute atomic E-state index is 12.3. The van der Waals surface area contributed by atoms with Crippen molar-refractivity contribution in [2.75, 3.05) is 62.6 Å². The van der Waals surface area contributed by atoms with Gasteiger partial charge in [0.2, 0.25) is 5.95 Å². The van der Waals surface area contributed by atoms with E-state index < -0.39 is 0 Å². The molecule has 1 fully saturated rings. The highest BCUT2D eigenvalue weighted by Gasteiger charge is 2.18. The largest absolute Gasteiger partial charge is 0.339 e. The maximum Gasteiger partial charge on any atom is 0.319 e. The first-order valence-corrected chi connectivity index (χ1v) is 10.8. The number of anilines is 2. The van der Waals surface area contributed by atoms with Crippen LogP contribution in [0.15, 0.2) is 42.7 Å². The van der Waals surface area contributed by atoms with Crippen LogP contribution in [0.2, 0.25) is 0 Å². The lowest BCUT2D eigenvalue weighted by molar-refractivity contribution is 0.0773. The van der Waals surface area contributed by atoms with Gasteiger partial charge in [0.05, 0.1) is 0 Å². The number of urea groups is 1. The summed E-state index contributed by atoms with van der Waals surface area (Å²) in [6.07, 6.45) is 3.52. The van der Waals surface area contributed by atoms with Crippen LogP contribution in [0.5, 0.6) is 0 Å². The molecule has 9 nitrogen and oxygen atoms in total. The molecule has 1 saturated heterocycles. The summed E-state index contributed by atoms with van der Waals surface area (Å²) in [6, 6.07) is 8.55. The Hall–Kier alpha value is -3.20. The summed E-state index contributed by atoms with van der Waals surface area (Å²) in [5, 5.41) is 5.70. The second-order valence-corrected chi connectivity index (χ2v) is 7.31. The second kappa shape index (κ2) is 11.3. The first kappa shape index (κ1) is 22.5. The predicted octanol–water partition coefficient (Wildman–Crippen LogP) is 1.90. The molecule has 0 aliphatic carbocycles. The number of benzene rings is 1. The van der Waals surface area contributed by atoms with Gasteiger partial charge in [-0.1, -0.05) is 0 Å². The zero-order chi connectivity index (χ0) is 22.1. The van der Waals surface area contributed by atoms with Crippen LogP contribution in [0.3, 0.4) is 0 Å². The monoisotopic (exact) mass is 425 g/mol. The van der Waals surface area contributed by atoms with E-state index in [0.717, 1.165) is 38.7 Å². The van der Waals surface area contributed by atoms with Crippen molar-refractivity contribution in [3.05, 3.63) is 48.3 Å². The lowest BCUT2D eigenvalue weighted by atomic mass is 10.2. The van der Waals surface area contributed by atoms with Crippen molar-refractivity contribution >= 4 is 23.6 Å². The van der Waals surface area contributed by atoms with Crippen LogP contribution in [-0.2, 0) is 0 Å². The molecule has 2 N–H and O–H groups in total. The van der Waals surface area contributed by atoms with Gasteiger partial charge < -0.3 is 20.4 Å². The number of carbonyl (C=O) groups excluding carboxylic acids is 2. The number of hydrogen-bond acceptors (Lipinski definition) is 6. The Balaban J connectivity index is 1.36. The van der Waals surface area contributed by atoms with Crippen LogP contribution in [0.25, 0.3) is 0 Å². The summed E-state index contributed by atoms with van der Waals surface area (Å²) in [5.74, 6) is 0.768. The molecule has 1 aromatic carbocycles. The summed E-state index contributed by atoms with van der Waals surface area (Å²) >= 11 is 0. The first-order valence-electron chi connectivity index (χ1n) is 10.8. The number of nitrogens with one attached hydrogen (secondary N) is 2. The van der Waals surface area contributed by atoms with Crippen molar-refractivity contribution in [2.45, 2.75) is 13.8 Å². The Labute approximate surface area is 183 Å². The third-order valence-corrected chi connectivity index (χ3v) is 5.36. The molecule has 2 aromatic rings. The smallest absolute Gasteiger partial charge is 0.319 e. The highest BCUT2D eigenvalue weighted by molar-refractivity contribution is 5.95. The Bertz CT molecular complexity index is 833. The quantitative estimate of drug-likeness (QED) is 0.671. The standard InChI is InChI=1S/C22H31N7O2/c1-3-28(4-2)20(30)18-6-8-19(9-7-18)26-22(31)25-12-13-27-14-16-29(17-15-27)21-23-10-5-11-24-21/h5-11H,3-4,12-17H2,1-2H3,(H2,25,26,31). The van der Waals surface area contributed by atoms with Gasteiger partial charge in [-0.25, -0.2) is 14.8 Å². The van der Waals surface area contributed by atoms with Gasteiger partial charge in [0.25, 0.3) is 5.91 Å². The van der Waals surface area contributed by atoms with Crippen molar-refractivity contribution in [1.82, 2.24) is 25.1 Å². The number of carbonyl (C=O) groups is 2. The molecule has 0 unspecified atom stereocenters. The Morgan fingerprint density at radius 2 is 1.65 bits per heavy atom. The minimum atomic E-state index is -0.251. The molecule has 0 spiro atoms. The molecular weight excluding hydrogens is 394 g/mol. The highest BCUT2D eigenvalue weighted by atomic mass is 16.2. The van der Waals surface area contributed by atoms with Gasteiger partial charge in [0, 0.05) is 76.0 Å². The zero-order valence-corrected chi connectivity index (χ0v) is 18.3. The third-order valence-electron chi connectivity index (χ3n) is 5.36. The van der Waals surface area contributed by atoms with E-state index in [-0.39, 0.29) is 11.9 Å². The van der Waals surface area contributed by atoms with Crippen molar-refractivity contribution in [2.24, 2.45) is 0 Å². The third kappa shape index (κ3) is 6.39. The van der Waals surface area contributed by atoms with Gasteiger partial charge in [-0.3, -0.25) is 9.69 Å². The van der Waals surface area contributed by atoms with Gasteiger partial charge in [-0.15, -0.1) is 0 Å². The highest BCUT2D eigenvalue weighted by Crippen LogP contribution is 2.12. The molecule has 3 amide bonds. The molecule has 0 atom stereocenters. The molecule has 2 heterocycles. The Morgan fingerprint density at radius 3 is 2.26 bits per heavy atom. The molecule has 3 rings (SSSR count). The van der Waals surface area contributed by atoms with Crippen LogP contribution < -0.4 is 15.5 Å². The molecule has 31 heavy (non-hydrogen) atoms. The van der Waals surface area contributed by atoms with Crippen molar-refractivity contribution in [3.63, 3.8) is 0 Å². The zero-order valence-electron chi connectivity index (χ0n) is 18.3. The van der Waals surface area contributed by atoms with Gasteiger partial charge in [0.1, 0.15) is 0 Å².